The lowest BCUT2D eigenvalue weighted by atomic mass is 10.4. The number of aromatic nitrogens is 1. The van der Waals surface area contributed by atoms with Crippen LogP contribution in [0.25, 0.3) is 0 Å². The van der Waals surface area contributed by atoms with Crippen LogP contribution in [0.2, 0.25) is 0 Å². The summed E-state index contributed by atoms with van der Waals surface area (Å²) in [6.45, 7) is 3.28. The lowest BCUT2D eigenvalue weighted by Gasteiger charge is -1.94. The van der Waals surface area contributed by atoms with Crippen molar-refractivity contribution < 1.29 is 10.0 Å². The van der Waals surface area contributed by atoms with Gasteiger partial charge in [0.25, 0.3) is 0 Å². The predicted octanol–water partition coefficient (Wildman–Crippen LogP) is 0.796. The standard InChI is InChI=1S/C7H10N2O2S/c1-3-6-4-12-7(9(6)11)8-5(2)10/h4,11H,3H2,1-2H3. The number of hydrogen-bond acceptors (Lipinski definition) is 3. The van der Waals surface area contributed by atoms with Crippen molar-refractivity contribution in [3.63, 3.8) is 0 Å². The summed E-state index contributed by atoms with van der Waals surface area (Å²) in [4.78, 5) is 14.5. The van der Waals surface area contributed by atoms with E-state index in [-0.39, 0.29) is 5.91 Å². The molecule has 5 heteroatoms. The summed E-state index contributed by atoms with van der Waals surface area (Å²) in [7, 11) is 0. The van der Waals surface area contributed by atoms with Crippen molar-refractivity contribution in [3.05, 3.63) is 15.9 Å². The van der Waals surface area contributed by atoms with Crippen LogP contribution < -0.4 is 4.80 Å². The molecule has 0 atom stereocenters. The number of amides is 1. The van der Waals surface area contributed by atoms with E-state index in [9.17, 15) is 10.0 Å². The molecule has 0 spiro atoms. The Morgan fingerprint density at radius 3 is 2.92 bits per heavy atom. The fourth-order valence-corrected chi connectivity index (χ4v) is 1.69. The number of carbonyl (C=O) groups excluding carboxylic acids is 1. The number of carbonyl (C=O) groups is 1. The molecule has 0 aliphatic rings. The normalized spacial score (nSPS) is 12.0. The van der Waals surface area contributed by atoms with Crippen molar-refractivity contribution in [2.24, 2.45) is 4.99 Å². The topological polar surface area (TPSA) is 54.6 Å². The van der Waals surface area contributed by atoms with Crippen LogP contribution >= 0.6 is 11.3 Å². The molecule has 0 saturated carbocycles. The molecule has 1 aromatic rings. The van der Waals surface area contributed by atoms with Gasteiger partial charge in [0, 0.05) is 12.3 Å². The highest BCUT2D eigenvalue weighted by molar-refractivity contribution is 7.07. The van der Waals surface area contributed by atoms with Crippen molar-refractivity contribution >= 4 is 17.2 Å². The van der Waals surface area contributed by atoms with Crippen LogP contribution in [0.1, 0.15) is 19.5 Å². The van der Waals surface area contributed by atoms with E-state index in [1.165, 1.54) is 18.3 Å². The zero-order chi connectivity index (χ0) is 9.14. The average molecular weight is 186 g/mol. The van der Waals surface area contributed by atoms with Gasteiger partial charge in [-0.1, -0.05) is 6.92 Å². The first-order valence-electron chi connectivity index (χ1n) is 3.59. The third-order valence-electron chi connectivity index (χ3n) is 1.37. The van der Waals surface area contributed by atoms with Gasteiger partial charge < -0.3 is 5.21 Å². The van der Waals surface area contributed by atoms with E-state index in [1.807, 2.05) is 6.92 Å². The van der Waals surface area contributed by atoms with Crippen LogP contribution in [0.15, 0.2) is 10.4 Å². The summed E-state index contributed by atoms with van der Waals surface area (Å²) < 4.78 is 0.950. The molecule has 66 valence electrons. The van der Waals surface area contributed by atoms with Crippen molar-refractivity contribution in [1.82, 2.24) is 4.73 Å². The molecule has 1 N–H and O–H groups in total. The Hall–Kier alpha value is -1.10. The van der Waals surface area contributed by atoms with E-state index in [0.29, 0.717) is 4.80 Å². The number of rotatable bonds is 1. The SMILES string of the molecule is CCc1csc(=NC(C)=O)n1O. The Bertz CT molecular complexity index is 351. The smallest absolute Gasteiger partial charge is 0.245 e. The maximum absolute atomic E-state index is 10.6. The number of nitrogens with zero attached hydrogens (tertiary/aromatic N) is 2. The second-order valence-corrected chi connectivity index (χ2v) is 3.14. The Morgan fingerprint density at radius 2 is 2.50 bits per heavy atom. The van der Waals surface area contributed by atoms with Gasteiger partial charge in [-0.25, -0.2) is 0 Å². The molecular formula is C7H10N2O2S. The molecule has 1 heterocycles. The maximum Gasteiger partial charge on any atom is 0.245 e. The Labute approximate surface area is 73.8 Å². The number of aryl methyl sites for hydroxylation is 1. The average Bonchev–Trinajstić information content (AvgIpc) is 2.32. The molecule has 1 aromatic heterocycles. The highest BCUT2D eigenvalue weighted by Gasteiger charge is 2.00. The van der Waals surface area contributed by atoms with E-state index in [4.69, 9.17) is 0 Å². The van der Waals surface area contributed by atoms with Crippen molar-refractivity contribution in [1.29, 1.82) is 0 Å². The molecule has 0 aliphatic carbocycles. The largest absolute Gasteiger partial charge is 0.426 e. The van der Waals surface area contributed by atoms with E-state index in [2.05, 4.69) is 4.99 Å². The van der Waals surface area contributed by atoms with Gasteiger partial charge in [-0.15, -0.1) is 11.3 Å². The Kier molecular flexibility index (Phi) is 2.65. The molecule has 0 radical (unpaired) electrons. The van der Waals surface area contributed by atoms with Gasteiger partial charge in [0.15, 0.2) is 0 Å². The number of hydrogen-bond donors (Lipinski definition) is 1. The first-order valence-corrected chi connectivity index (χ1v) is 4.47. The van der Waals surface area contributed by atoms with Crippen LogP contribution in [-0.4, -0.2) is 15.8 Å². The second kappa shape index (κ2) is 3.53. The van der Waals surface area contributed by atoms with E-state index in [0.717, 1.165) is 16.8 Å². The zero-order valence-corrected chi connectivity index (χ0v) is 7.76. The molecule has 12 heavy (non-hydrogen) atoms. The molecule has 0 unspecified atom stereocenters. The van der Waals surface area contributed by atoms with Crippen LogP contribution in [0, 0.1) is 0 Å². The Morgan fingerprint density at radius 1 is 1.83 bits per heavy atom. The molecule has 4 nitrogen and oxygen atoms in total. The maximum atomic E-state index is 10.6. The van der Waals surface area contributed by atoms with Gasteiger partial charge in [-0.05, 0) is 6.42 Å². The quantitative estimate of drug-likeness (QED) is 0.659. The monoisotopic (exact) mass is 186 g/mol. The van der Waals surface area contributed by atoms with Gasteiger partial charge in [-0.3, -0.25) is 4.79 Å². The molecule has 0 bridgehead atoms. The zero-order valence-electron chi connectivity index (χ0n) is 6.94. The highest BCUT2D eigenvalue weighted by atomic mass is 32.1. The third-order valence-corrected chi connectivity index (χ3v) is 2.23. The summed E-state index contributed by atoms with van der Waals surface area (Å²) in [5.41, 5.74) is 0.764. The fourth-order valence-electron chi connectivity index (χ4n) is 0.785. The first kappa shape index (κ1) is 8.99. The minimum absolute atomic E-state index is 0.303. The molecule has 0 aliphatic heterocycles. The summed E-state index contributed by atoms with van der Waals surface area (Å²) in [5, 5.41) is 11.1. The molecule has 0 aromatic carbocycles. The van der Waals surface area contributed by atoms with Gasteiger partial charge >= 0.3 is 0 Å². The van der Waals surface area contributed by atoms with Crippen molar-refractivity contribution in [2.75, 3.05) is 0 Å². The van der Waals surface area contributed by atoms with E-state index < -0.39 is 0 Å². The van der Waals surface area contributed by atoms with Crippen LogP contribution in [0.3, 0.4) is 0 Å². The minimum Gasteiger partial charge on any atom is -0.426 e. The molecule has 0 fully saturated rings. The lowest BCUT2D eigenvalue weighted by molar-refractivity contribution is -0.116. The van der Waals surface area contributed by atoms with Crippen molar-refractivity contribution in [3.8, 4) is 0 Å². The minimum atomic E-state index is -0.303. The Balaban J connectivity index is 3.19. The van der Waals surface area contributed by atoms with Gasteiger partial charge in [0.1, 0.15) is 0 Å². The lowest BCUT2D eigenvalue weighted by Crippen LogP contribution is -2.15. The summed E-state index contributed by atoms with van der Waals surface area (Å²) >= 11 is 1.25. The highest BCUT2D eigenvalue weighted by Crippen LogP contribution is 1.99. The van der Waals surface area contributed by atoms with Crippen LogP contribution in [0.5, 0.6) is 0 Å². The van der Waals surface area contributed by atoms with E-state index >= 15 is 0 Å². The predicted molar refractivity (Wildman–Crippen MR) is 45.1 cm³/mol. The van der Waals surface area contributed by atoms with Crippen molar-refractivity contribution in [2.45, 2.75) is 20.3 Å². The summed E-state index contributed by atoms with van der Waals surface area (Å²) in [5.74, 6) is -0.303. The fraction of sp³-hybridized carbons (Fsp3) is 0.429. The van der Waals surface area contributed by atoms with Gasteiger partial charge in [-0.2, -0.15) is 9.72 Å². The summed E-state index contributed by atoms with van der Waals surface area (Å²) in [6.07, 6.45) is 0.723. The van der Waals surface area contributed by atoms with Crippen LogP contribution in [0.4, 0.5) is 0 Å². The second-order valence-electron chi connectivity index (χ2n) is 2.31. The van der Waals surface area contributed by atoms with Gasteiger partial charge in [0.2, 0.25) is 10.7 Å². The molecule has 1 amide bonds. The molecular weight excluding hydrogens is 176 g/mol. The van der Waals surface area contributed by atoms with Gasteiger partial charge in [0.05, 0.1) is 5.69 Å². The van der Waals surface area contributed by atoms with E-state index in [1.54, 1.807) is 5.38 Å². The number of thiazole rings is 1. The first-order chi connectivity index (χ1) is 5.65. The summed E-state index contributed by atoms with van der Waals surface area (Å²) in [6, 6.07) is 0. The van der Waals surface area contributed by atoms with Crippen LogP contribution in [-0.2, 0) is 11.2 Å². The molecule has 0 saturated heterocycles. The third kappa shape index (κ3) is 1.73. The molecule has 1 rings (SSSR count).